The number of benzene rings is 1. The number of hydrogen-bond acceptors (Lipinski definition) is 6. The average molecular weight is 376 g/mol. The molecule has 0 unspecified atom stereocenters. The number of pyridine rings is 1. The largest absolute Gasteiger partial charge is 0.497 e. The van der Waals surface area contributed by atoms with Crippen molar-refractivity contribution in [1.29, 1.82) is 0 Å². The van der Waals surface area contributed by atoms with Gasteiger partial charge in [0.15, 0.2) is 0 Å². The third-order valence-electron chi connectivity index (χ3n) is 4.37. The van der Waals surface area contributed by atoms with Crippen molar-refractivity contribution < 1.29 is 4.74 Å². The highest BCUT2D eigenvalue weighted by Crippen LogP contribution is 2.31. The molecule has 3 aromatic heterocycles. The zero-order valence-electron chi connectivity index (χ0n) is 15.3. The number of fused-ring (bicyclic) bond motifs is 1. The summed E-state index contributed by atoms with van der Waals surface area (Å²) in [5.41, 5.74) is 4.18. The summed E-state index contributed by atoms with van der Waals surface area (Å²) in [5.74, 6) is 0.820. The van der Waals surface area contributed by atoms with E-state index in [2.05, 4.69) is 51.6 Å². The highest BCUT2D eigenvalue weighted by atomic mass is 32.1. The van der Waals surface area contributed by atoms with Crippen molar-refractivity contribution in [2.45, 2.75) is 13.1 Å². The first-order chi connectivity index (χ1) is 13.2. The van der Waals surface area contributed by atoms with E-state index in [0.717, 1.165) is 41.1 Å². The van der Waals surface area contributed by atoms with Crippen molar-refractivity contribution >= 4 is 22.2 Å². The summed E-state index contributed by atoms with van der Waals surface area (Å²) < 4.78 is 5.36. The Labute approximate surface area is 162 Å². The molecule has 0 aliphatic rings. The molecule has 0 aliphatic heterocycles. The Morgan fingerprint density at radius 2 is 2.04 bits per heavy atom. The van der Waals surface area contributed by atoms with Gasteiger partial charge < -0.3 is 4.74 Å². The first kappa shape index (κ1) is 17.6. The van der Waals surface area contributed by atoms with Gasteiger partial charge in [0.05, 0.1) is 28.9 Å². The topological polar surface area (TPSA) is 51.1 Å². The highest BCUT2D eigenvalue weighted by Gasteiger charge is 2.13. The Morgan fingerprint density at radius 1 is 1.11 bits per heavy atom. The molecule has 3 heterocycles. The SMILES string of the molecule is COc1ccc2cc(CN(C)Cc3ccncn3)c(-c3cccs3)nc2c1. The molecule has 0 atom stereocenters. The number of thiophene rings is 1. The van der Waals surface area contributed by atoms with Gasteiger partial charge in [-0.05, 0) is 48.3 Å². The predicted octanol–water partition coefficient (Wildman–Crippen LogP) is 4.39. The first-order valence-electron chi connectivity index (χ1n) is 8.68. The van der Waals surface area contributed by atoms with Gasteiger partial charge in [-0.3, -0.25) is 4.90 Å². The first-order valence-corrected chi connectivity index (χ1v) is 9.56. The number of rotatable bonds is 6. The fourth-order valence-corrected chi connectivity index (χ4v) is 3.85. The molecule has 0 radical (unpaired) electrons. The molecule has 5 nitrogen and oxygen atoms in total. The van der Waals surface area contributed by atoms with E-state index in [1.807, 2.05) is 18.2 Å². The Kier molecular flexibility index (Phi) is 5.09. The van der Waals surface area contributed by atoms with Gasteiger partial charge in [0, 0.05) is 30.7 Å². The molecule has 0 saturated heterocycles. The molecular formula is C21H20N4OS. The molecule has 6 heteroatoms. The van der Waals surface area contributed by atoms with Crippen LogP contribution in [0, 0.1) is 0 Å². The van der Waals surface area contributed by atoms with Crippen LogP contribution in [0.4, 0.5) is 0 Å². The Bertz CT molecular complexity index is 1030. The van der Waals surface area contributed by atoms with Crippen LogP contribution in [0.1, 0.15) is 11.3 Å². The molecule has 27 heavy (non-hydrogen) atoms. The van der Waals surface area contributed by atoms with Crippen molar-refractivity contribution in [2.75, 3.05) is 14.2 Å². The van der Waals surface area contributed by atoms with Crippen LogP contribution in [-0.4, -0.2) is 34.0 Å². The van der Waals surface area contributed by atoms with Crippen LogP contribution >= 0.6 is 11.3 Å². The minimum absolute atomic E-state index is 0.757. The summed E-state index contributed by atoms with van der Waals surface area (Å²) >= 11 is 1.71. The van der Waals surface area contributed by atoms with Crippen molar-refractivity contribution in [1.82, 2.24) is 19.9 Å². The van der Waals surface area contributed by atoms with E-state index in [1.54, 1.807) is 31.0 Å². The normalized spacial score (nSPS) is 11.2. The minimum atomic E-state index is 0.757. The van der Waals surface area contributed by atoms with Crippen molar-refractivity contribution in [3.05, 3.63) is 71.6 Å². The Balaban J connectivity index is 1.70. The summed E-state index contributed by atoms with van der Waals surface area (Å²) in [6.45, 7) is 1.54. The second-order valence-corrected chi connectivity index (χ2v) is 7.35. The van der Waals surface area contributed by atoms with Gasteiger partial charge in [-0.1, -0.05) is 6.07 Å². The lowest BCUT2D eigenvalue weighted by Gasteiger charge is -2.18. The maximum Gasteiger partial charge on any atom is 0.121 e. The van der Waals surface area contributed by atoms with Crippen molar-refractivity contribution in [2.24, 2.45) is 0 Å². The number of hydrogen-bond donors (Lipinski definition) is 0. The molecule has 4 aromatic rings. The molecule has 0 bridgehead atoms. The summed E-state index contributed by atoms with van der Waals surface area (Å²) in [6.07, 6.45) is 3.36. The van der Waals surface area contributed by atoms with E-state index in [-0.39, 0.29) is 0 Å². The van der Waals surface area contributed by atoms with Crippen LogP contribution in [0.5, 0.6) is 5.75 Å². The van der Waals surface area contributed by atoms with Gasteiger partial charge in [0.2, 0.25) is 0 Å². The number of aromatic nitrogens is 3. The van der Waals surface area contributed by atoms with E-state index in [9.17, 15) is 0 Å². The lowest BCUT2D eigenvalue weighted by Crippen LogP contribution is -2.18. The van der Waals surface area contributed by atoms with Crippen LogP contribution in [-0.2, 0) is 13.1 Å². The molecule has 4 rings (SSSR count). The lowest BCUT2D eigenvalue weighted by molar-refractivity contribution is 0.315. The zero-order valence-corrected chi connectivity index (χ0v) is 16.1. The summed E-state index contributed by atoms with van der Waals surface area (Å²) in [4.78, 5) is 16.7. The molecule has 0 saturated carbocycles. The summed E-state index contributed by atoms with van der Waals surface area (Å²) in [5, 5.41) is 3.20. The number of methoxy groups -OCH3 is 1. The zero-order chi connectivity index (χ0) is 18.6. The third-order valence-corrected chi connectivity index (χ3v) is 5.25. The monoisotopic (exact) mass is 376 g/mol. The fraction of sp³-hybridized carbons (Fsp3) is 0.190. The van der Waals surface area contributed by atoms with E-state index in [1.165, 1.54) is 10.4 Å². The summed E-state index contributed by atoms with van der Waals surface area (Å²) in [6, 6.07) is 14.4. The number of nitrogens with zero attached hydrogens (tertiary/aromatic N) is 4. The van der Waals surface area contributed by atoms with E-state index in [0.29, 0.717) is 0 Å². The molecule has 1 aromatic carbocycles. The molecule has 0 fully saturated rings. The van der Waals surface area contributed by atoms with E-state index in [4.69, 9.17) is 9.72 Å². The van der Waals surface area contributed by atoms with E-state index < -0.39 is 0 Å². The van der Waals surface area contributed by atoms with Crippen molar-refractivity contribution in [3.8, 4) is 16.3 Å². The Morgan fingerprint density at radius 3 is 2.78 bits per heavy atom. The van der Waals surface area contributed by atoms with Crippen LogP contribution < -0.4 is 4.74 Å². The molecular weight excluding hydrogens is 356 g/mol. The minimum Gasteiger partial charge on any atom is -0.497 e. The second-order valence-electron chi connectivity index (χ2n) is 6.41. The van der Waals surface area contributed by atoms with Gasteiger partial charge in [-0.15, -0.1) is 11.3 Å². The Hall–Kier alpha value is -2.83. The highest BCUT2D eigenvalue weighted by molar-refractivity contribution is 7.13. The molecule has 0 aliphatic carbocycles. The van der Waals surface area contributed by atoms with Crippen molar-refractivity contribution in [3.63, 3.8) is 0 Å². The van der Waals surface area contributed by atoms with Crippen LogP contribution in [0.2, 0.25) is 0 Å². The maximum absolute atomic E-state index is 5.36. The van der Waals surface area contributed by atoms with Crippen LogP contribution in [0.3, 0.4) is 0 Å². The molecule has 0 N–H and O–H groups in total. The maximum atomic E-state index is 5.36. The van der Waals surface area contributed by atoms with Crippen LogP contribution in [0.15, 0.2) is 60.4 Å². The van der Waals surface area contributed by atoms with Gasteiger partial charge in [0.1, 0.15) is 12.1 Å². The summed E-state index contributed by atoms with van der Waals surface area (Å²) in [7, 11) is 3.77. The van der Waals surface area contributed by atoms with Crippen LogP contribution in [0.25, 0.3) is 21.5 Å². The van der Waals surface area contributed by atoms with Gasteiger partial charge in [0.25, 0.3) is 0 Å². The molecule has 0 amide bonds. The van der Waals surface area contributed by atoms with E-state index >= 15 is 0 Å². The quantitative estimate of drug-likeness (QED) is 0.499. The predicted molar refractivity (Wildman–Crippen MR) is 109 cm³/mol. The van der Waals surface area contributed by atoms with Gasteiger partial charge in [-0.25, -0.2) is 15.0 Å². The third kappa shape index (κ3) is 3.97. The standard InChI is InChI=1S/C21H20N4OS/c1-25(13-17-7-8-22-14-23-17)12-16-10-15-5-6-18(26-2)11-19(15)24-21(16)20-4-3-9-27-20/h3-11,14H,12-13H2,1-2H3. The lowest BCUT2D eigenvalue weighted by atomic mass is 10.1. The van der Waals surface area contributed by atoms with Gasteiger partial charge in [-0.2, -0.15) is 0 Å². The molecule has 0 spiro atoms. The van der Waals surface area contributed by atoms with Gasteiger partial charge >= 0.3 is 0 Å². The number of ether oxygens (including phenoxy) is 1. The second kappa shape index (κ2) is 7.82. The average Bonchev–Trinajstić information content (AvgIpc) is 3.22. The molecule has 136 valence electrons. The fourth-order valence-electron chi connectivity index (χ4n) is 3.10. The smallest absolute Gasteiger partial charge is 0.121 e.